The van der Waals surface area contributed by atoms with Crippen molar-refractivity contribution in [2.75, 3.05) is 6.61 Å². The van der Waals surface area contributed by atoms with Crippen LogP contribution in [0.3, 0.4) is 0 Å². The number of fused-ring (bicyclic) bond motifs is 4. The molecule has 4 N–H and O–H groups in total. The molecule has 2 saturated carbocycles. The van der Waals surface area contributed by atoms with Crippen LogP contribution in [-0.4, -0.2) is 53.0 Å². The van der Waals surface area contributed by atoms with Crippen molar-refractivity contribution in [1.82, 2.24) is 10.6 Å². The lowest BCUT2D eigenvalue weighted by molar-refractivity contribution is -0.145. The molecule has 3 aliphatic carbocycles. The molecule has 0 spiro atoms. The van der Waals surface area contributed by atoms with Crippen LogP contribution < -0.4 is 10.6 Å². The largest absolute Gasteiger partial charge is 0.480 e. The van der Waals surface area contributed by atoms with Gasteiger partial charge in [0.1, 0.15) is 6.61 Å². The maximum absolute atomic E-state index is 12.6. The number of carbonyl (C=O) groups excluding carboxylic acids is 2. The summed E-state index contributed by atoms with van der Waals surface area (Å²) in [6.45, 7) is 1.59. The van der Waals surface area contributed by atoms with Gasteiger partial charge >= 0.3 is 12.1 Å². The zero-order chi connectivity index (χ0) is 24.7. The summed E-state index contributed by atoms with van der Waals surface area (Å²) in [5.41, 5.74) is 4.67. The molecule has 2 fully saturated rings. The van der Waals surface area contributed by atoms with Crippen molar-refractivity contribution in [3.8, 4) is 11.1 Å². The molecule has 2 amide bonds. The molecule has 0 aliphatic heterocycles. The summed E-state index contributed by atoms with van der Waals surface area (Å²) in [7, 11) is 0. The Morgan fingerprint density at radius 1 is 1.00 bits per heavy atom. The molecule has 0 bridgehead atoms. The fourth-order valence-electron chi connectivity index (χ4n) is 6.06. The molecule has 3 unspecified atom stereocenters. The normalized spacial score (nSPS) is 25.9. The molecule has 2 aromatic carbocycles. The number of hydrogen-bond donors (Lipinski definition) is 4. The van der Waals surface area contributed by atoms with Crippen molar-refractivity contribution in [3.05, 3.63) is 59.7 Å². The summed E-state index contributed by atoms with van der Waals surface area (Å²) in [5, 5.41) is 24.2. The summed E-state index contributed by atoms with van der Waals surface area (Å²) in [4.78, 5) is 36.4. The average molecular weight is 479 g/mol. The first-order chi connectivity index (χ1) is 16.8. The van der Waals surface area contributed by atoms with Crippen LogP contribution in [0.2, 0.25) is 0 Å². The van der Waals surface area contributed by atoms with E-state index in [-0.39, 0.29) is 36.3 Å². The van der Waals surface area contributed by atoms with E-state index in [1.807, 2.05) is 24.3 Å². The average Bonchev–Trinajstić information content (AvgIpc) is 3.34. The number of carboxylic acids is 1. The zero-order valence-corrected chi connectivity index (χ0v) is 19.5. The molecular weight excluding hydrogens is 448 g/mol. The maximum atomic E-state index is 12.6. The summed E-state index contributed by atoms with van der Waals surface area (Å²) >= 11 is 0. The van der Waals surface area contributed by atoms with Gasteiger partial charge in [-0.2, -0.15) is 0 Å². The Labute approximate surface area is 203 Å². The molecule has 5 rings (SSSR count). The van der Waals surface area contributed by atoms with E-state index in [1.54, 1.807) is 0 Å². The minimum atomic E-state index is -1.32. The first kappa shape index (κ1) is 23.4. The Morgan fingerprint density at radius 2 is 1.63 bits per heavy atom. The monoisotopic (exact) mass is 478 g/mol. The van der Waals surface area contributed by atoms with Crippen molar-refractivity contribution in [2.24, 2.45) is 17.8 Å². The topological polar surface area (TPSA) is 125 Å². The summed E-state index contributed by atoms with van der Waals surface area (Å²) < 4.78 is 5.65. The fraction of sp³-hybridized carbons (Fsp3) is 0.444. The van der Waals surface area contributed by atoms with Gasteiger partial charge in [0.2, 0.25) is 5.91 Å². The van der Waals surface area contributed by atoms with E-state index in [2.05, 4.69) is 34.9 Å². The first-order valence-electron chi connectivity index (χ1n) is 12.2. The predicted octanol–water partition coefficient (Wildman–Crippen LogP) is 2.89. The molecule has 2 aromatic rings. The molecule has 0 saturated heterocycles. The van der Waals surface area contributed by atoms with Crippen LogP contribution in [0.25, 0.3) is 11.1 Å². The van der Waals surface area contributed by atoms with Gasteiger partial charge in [-0.25, -0.2) is 9.59 Å². The third-order valence-electron chi connectivity index (χ3n) is 7.89. The van der Waals surface area contributed by atoms with E-state index in [0.717, 1.165) is 17.5 Å². The third kappa shape index (κ3) is 4.38. The van der Waals surface area contributed by atoms with Gasteiger partial charge in [-0.3, -0.25) is 4.79 Å². The minimum Gasteiger partial charge on any atom is -0.480 e. The lowest BCUT2D eigenvalue weighted by Crippen LogP contribution is -2.50. The van der Waals surface area contributed by atoms with Crippen molar-refractivity contribution in [1.29, 1.82) is 0 Å². The van der Waals surface area contributed by atoms with Gasteiger partial charge in [-0.1, -0.05) is 48.5 Å². The van der Waals surface area contributed by atoms with Crippen LogP contribution in [0.4, 0.5) is 4.79 Å². The zero-order valence-electron chi connectivity index (χ0n) is 19.5. The number of ether oxygens (including phenoxy) is 1. The summed E-state index contributed by atoms with van der Waals surface area (Å²) in [6, 6.07) is 15.0. The standard InChI is InChI=1S/C27H30N2O6/c1-14(30)24(26(32)33)29-25(31)16-10-15-12-23(21(15)11-16)28-27(34)35-13-22-19-8-4-2-6-17(19)18-7-3-5-9-20(18)22/h2-9,14-16,21-24,30H,10-13H2,1H3,(H,28,34)(H,29,31)(H,32,33)/t14?,15-,16?,21-,23+,24?/m1/s1. The van der Waals surface area contributed by atoms with Crippen LogP contribution in [0.1, 0.15) is 43.2 Å². The molecule has 6 atom stereocenters. The number of alkyl carbamates (subject to hydrolysis) is 1. The Hall–Kier alpha value is -3.39. The second kappa shape index (κ2) is 9.34. The number of benzene rings is 2. The van der Waals surface area contributed by atoms with Crippen LogP contribution >= 0.6 is 0 Å². The Morgan fingerprint density at radius 3 is 2.23 bits per heavy atom. The van der Waals surface area contributed by atoms with E-state index in [9.17, 15) is 24.6 Å². The van der Waals surface area contributed by atoms with Gasteiger partial charge in [0.05, 0.1) is 6.10 Å². The van der Waals surface area contributed by atoms with Crippen molar-refractivity contribution in [3.63, 3.8) is 0 Å². The molecule has 184 valence electrons. The number of carbonyl (C=O) groups is 3. The number of nitrogens with one attached hydrogen (secondary N) is 2. The SMILES string of the molecule is CC(O)C(NC(=O)C1C[C@@H]2C[C@H](NC(=O)OCC3c4ccccc4-c4ccccc43)[C@@H]2C1)C(=O)O. The number of aliphatic carboxylic acids is 1. The van der Waals surface area contributed by atoms with Crippen LogP contribution in [0.15, 0.2) is 48.5 Å². The van der Waals surface area contributed by atoms with Gasteiger partial charge in [0, 0.05) is 17.9 Å². The van der Waals surface area contributed by atoms with Gasteiger partial charge in [-0.05, 0) is 60.3 Å². The molecular formula is C27H30N2O6. The lowest BCUT2D eigenvalue weighted by atomic mass is 9.71. The smallest absolute Gasteiger partial charge is 0.407 e. The molecule has 8 nitrogen and oxygen atoms in total. The second-order valence-electron chi connectivity index (χ2n) is 9.97. The predicted molar refractivity (Wildman–Crippen MR) is 128 cm³/mol. The maximum Gasteiger partial charge on any atom is 0.407 e. The third-order valence-corrected chi connectivity index (χ3v) is 7.89. The fourth-order valence-corrected chi connectivity index (χ4v) is 6.06. The summed E-state index contributed by atoms with van der Waals surface area (Å²) in [6.07, 6.45) is 0.376. The molecule has 0 radical (unpaired) electrons. The van der Waals surface area contributed by atoms with E-state index < -0.39 is 24.2 Å². The highest BCUT2D eigenvalue weighted by Gasteiger charge is 2.50. The van der Waals surface area contributed by atoms with Gasteiger partial charge in [-0.15, -0.1) is 0 Å². The van der Waals surface area contributed by atoms with Crippen LogP contribution in [-0.2, 0) is 14.3 Å². The highest BCUT2D eigenvalue weighted by Crippen LogP contribution is 2.50. The van der Waals surface area contributed by atoms with Crippen molar-refractivity contribution in [2.45, 2.75) is 50.3 Å². The van der Waals surface area contributed by atoms with E-state index in [1.165, 1.54) is 18.1 Å². The highest BCUT2D eigenvalue weighted by atomic mass is 16.5. The molecule has 3 aliphatic rings. The Bertz CT molecular complexity index is 1100. The Balaban J connectivity index is 1.14. The quantitative estimate of drug-likeness (QED) is 0.485. The molecule has 0 heterocycles. The van der Waals surface area contributed by atoms with Crippen molar-refractivity contribution < 1.29 is 29.3 Å². The number of amides is 2. The number of hydrogen-bond acceptors (Lipinski definition) is 5. The number of aliphatic hydroxyl groups is 1. The van der Waals surface area contributed by atoms with Gasteiger partial charge in [0.25, 0.3) is 0 Å². The van der Waals surface area contributed by atoms with Crippen molar-refractivity contribution >= 4 is 18.0 Å². The molecule has 35 heavy (non-hydrogen) atoms. The number of aliphatic hydroxyl groups excluding tert-OH is 1. The van der Waals surface area contributed by atoms with Crippen LogP contribution in [0.5, 0.6) is 0 Å². The van der Waals surface area contributed by atoms with E-state index in [4.69, 9.17) is 4.74 Å². The molecule has 8 heteroatoms. The minimum absolute atomic E-state index is 0.00190. The first-order valence-corrected chi connectivity index (χ1v) is 12.2. The second-order valence-corrected chi connectivity index (χ2v) is 9.97. The van der Waals surface area contributed by atoms with Gasteiger partial charge < -0.3 is 25.6 Å². The van der Waals surface area contributed by atoms with Gasteiger partial charge in [0.15, 0.2) is 6.04 Å². The van der Waals surface area contributed by atoms with E-state index in [0.29, 0.717) is 18.8 Å². The van der Waals surface area contributed by atoms with Crippen LogP contribution in [0, 0.1) is 17.8 Å². The Kier molecular flexibility index (Phi) is 6.23. The summed E-state index contributed by atoms with van der Waals surface area (Å²) in [5.74, 6) is -1.45. The number of rotatable bonds is 7. The van der Waals surface area contributed by atoms with E-state index >= 15 is 0 Å². The lowest BCUT2D eigenvalue weighted by Gasteiger charge is -2.40. The highest BCUT2D eigenvalue weighted by molar-refractivity contribution is 5.85. The molecule has 0 aromatic heterocycles. The number of carboxylic acid groups (broad SMARTS) is 1.